The number of aliphatic hydroxyl groups is 2. The average Bonchev–Trinajstić information content (AvgIpc) is 2.70. The summed E-state index contributed by atoms with van der Waals surface area (Å²) in [4.78, 5) is 47.5. The van der Waals surface area contributed by atoms with E-state index in [4.69, 9.17) is 10.8 Å². The molecule has 1 aromatic rings. The van der Waals surface area contributed by atoms with Crippen LogP contribution >= 0.6 is 0 Å². The molecule has 8 N–H and O–H groups in total. The second-order valence-corrected chi connectivity index (χ2v) is 6.35. The van der Waals surface area contributed by atoms with Crippen LogP contribution in [0.4, 0.5) is 0 Å². The molecule has 0 spiro atoms. The Morgan fingerprint density at radius 3 is 2.00 bits per heavy atom. The summed E-state index contributed by atoms with van der Waals surface area (Å²) in [6.45, 7) is -0.0783. The normalized spacial score (nSPS) is 14.8. The van der Waals surface area contributed by atoms with Crippen LogP contribution in [-0.4, -0.2) is 76.4 Å². The van der Waals surface area contributed by atoms with E-state index in [1.807, 2.05) is 0 Å². The highest BCUT2D eigenvalue weighted by Gasteiger charge is 2.28. The predicted molar refractivity (Wildman–Crippen MR) is 101 cm³/mol. The number of rotatable bonds is 11. The van der Waals surface area contributed by atoms with Crippen LogP contribution in [0.25, 0.3) is 0 Å². The summed E-state index contributed by atoms with van der Waals surface area (Å²) < 4.78 is 0. The lowest BCUT2D eigenvalue weighted by atomic mass is 10.1. The second kappa shape index (κ2) is 11.7. The lowest BCUT2D eigenvalue weighted by molar-refractivity contribution is -0.142. The minimum atomic E-state index is -1.43. The first-order chi connectivity index (χ1) is 13.7. The number of carboxylic acid groups (broad SMARTS) is 1. The van der Waals surface area contributed by atoms with Crippen molar-refractivity contribution in [3.8, 4) is 0 Å². The minimum Gasteiger partial charge on any atom is -0.480 e. The molecule has 3 amide bonds. The van der Waals surface area contributed by atoms with Crippen LogP contribution in [0.15, 0.2) is 30.3 Å². The summed E-state index contributed by atoms with van der Waals surface area (Å²) in [5.74, 6) is -3.74. The molecule has 11 nitrogen and oxygen atoms in total. The van der Waals surface area contributed by atoms with Crippen molar-refractivity contribution in [2.45, 2.75) is 37.5 Å². The summed E-state index contributed by atoms with van der Waals surface area (Å²) in [6, 6.07) is 3.61. The van der Waals surface area contributed by atoms with Crippen LogP contribution in [-0.2, 0) is 25.6 Å². The SMILES string of the molecule is CC(NC(=O)C(N)CO)C(=O)NC(CO)C(=O)NC(Cc1ccccc1)C(=O)O. The standard InChI is InChI=1S/C18H26N4O7/c1-10(20-16(26)12(19)8-23)15(25)22-14(9-24)17(27)21-13(18(28)29)7-11-5-3-2-4-6-11/h2-6,10,12-14,23-24H,7-9,19H2,1H3,(H,20,26)(H,21,27)(H,22,25)(H,28,29). The van der Waals surface area contributed by atoms with Crippen molar-refractivity contribution < 1.29 is 34.5 Å². The van der Waals surface area contributed by atoms with Crippen LogP contribution in [0.1, 0.15) is 12.5 Å². The predicted octanol–water partition coefficient (Wildman–Crippen LogP) is -2.90. The van der Waals surface area contributed by atoms with Gasteiger partial charge in [-0.15, -0.1) is 0 Å². The number of nitrogens with two attached hydrogens (primary N) is 1. The Kier molecular flexibility index (Phi) is 9.72. The smallest absolute Gasteiger partial charge is 0.326 e. The Morgan fingerprint density at radius 1 is 0.897 bits per heavy atom. The van der Waals surface area contributed by atoms with Gasteiger partial charge in [0.15, 0.2) is 0 Å². The van der Waals surface area contributed by atoms with Crippen LogP contribution in [0, 0.1) is 0 Å². The molecule has 29 heavy (non-hydrogen) atoms. The molecule has 0 aromatic heterocycles. The summed E-state index contributed by atoms with van der Waals surface area (Å²) >= 11 is 0. The fraction of sp³-hybridized carbons (Fsp3) is 0.444. The number of amides is 3. The fourth-order valence-electron chi connectivity index (χ4n) is 2.28. The number of nitrogens with one attached hydrogen (secondary N) is 3. The number of carboxylic acids is 1. The summed E-state index contributed by atoms with van der Waals surface area (Å²) in [5, 5.41) is 34.3. The zero-order valence-electron chi connectivity index (χ0n) is 15.9. The molecular formula is C18H26N4O7. The fourth-order valence-corrected chi connectivity index (χ4v) is 2.28. The molecule has 0 aliphatic carbocycles. The first-order valence-corrected chi connectivity index (χ1v) is 8.84. The third kappa shape index (κ3) is 7.86. The monoisotopic (exact) mass is 410 g/mol. The largest absolute Gasteiger partial charge is 0.480 e. The van der Waals surface area contributed by atoms with Gasteiger partial charge in [0.2, 0.25) is 17.7 Å². The molecular weight excluding hydrogens is 384 g/mol. The third-order valence-electron chi connectivity index (χ3n) is 4.00. The Morgan fingerprint density at radius 2 is 1.48 bits per heavy atom. The number of benzene rings is 1. The third-order valence-corrected chi connectivity index (χ3v) is 4.00. The number of aliphatic carboxylic acids is 1. The van der Waals surface area contributed by atoms with Crippen molar-refractivity contribution in [2.75, 3.05) is 13.2 Å². The zero-order chi connectivity index (χ0) is 22.0. The topological polar surface area (TPSA) is 191 Å². The summed E-state index contributed by atoms with van der Waals surface area (Å²) in [7, 11) is 0. The zero-order valence-corrected chi connectivity index (χ0v) is 15.9. The maximum atomic E-state index is 12.3. The minimum absolute atomic E-state index is 0.0134. The van der Waals surface area contributed by atoms with Gasteiger partial charge in [-0.05, 0) is 12.5 Å². The Labute approximate surface area is 167 Å². The molecule has 0 aliphatic rings. The maximum Gasteiger partial charge on any atom is 0.326 e. The van der Waals surface area contributed by atoms with Crippen molar-refractivity contribution in [1.29, 1.82) is 0 Å². The number of hydrogen-bond acceptors (Lipinski definition) is 7. The first kappa shape index (κ1) is 24.0. The Hall–Kier alpha value is -3.02. The molecule has 0 bridgehead atoms. The molecule has 0 radical (unpaired) electrons. The molecule has 11 heteroatoms. The molecule has 1 aromatic carbocycles. The molecule has 4 unspecified atom stereocenters. The lowest BCUT2D eigenvalue weighted by Crippen LogP contribution is -2.57. The van der Waals surface area contributed by atoms with Gasteiger partial charge in [0.1, 0.15) is 24.2 Å². The molecule has 0 aliphatic heterocycles. The molecule has 0 saturated carbocycles. The first-order valence-electron chi connectivity index (χ1n) is 8.84. The van der Waals surface area contributed by atoms with Crippen molar-refractivity contribution >= 4 is 23.7 Å². The van der Waals surface area contributed by atoms with Gasteiger partial charge >= 0.3 is 5.97 Å². The summed E-state index contributed by atoms with van der Waals surface area (Å²) in [6.07, 6.45) is 0.0134. The van der Waals surface area contributed by atoms with Gasteiger partial charge in [-0.2, -0.15) is 0 Å². The van der Waals surface area contributed by atoms with E-state index in [9.17, 15) is 29.4 Å². The van der Waals surface area contributed by atoms with E-state index in [0.717, 1.165) is 0 Å². The van der Waals surface area contributed by atoms with Crippen LogP contribution in [0.5, 0.6) is 0 Å². The highest BCUT2D eigenvalue weighted by Crippen LogP contribution is 2.04. The number of carbonyl (C=O) groups is 4. The van der Waals surface area contributed by atoms with Gasteiger partial charge < -0.3 is 37.0 Å². The van der Waals surface area contributed by atoms with Crippen LogP contribution < -0.4 is 21.7 Å². The van der Waals surface area contributed by atoms with Crippen LogP contribution in [0.3, 0.4) is 0 Å². The number of aliphatic hydroxyl groups excluding tert-OH is 2. The van der Waals surface area contributed by atoms with Gasteiger partial charge in [0.05, 0.1) is 13.2 Å². The van der Waals surface area contributed by atoms with Crippen molar-refractivity contribution in [2.24, 2.45) is 5.73 Å². The maximum absolute atomic E-state index is 12.3. The molecule has 0 saturated heterocycles. The van der Waals surface area contributed by atoms with Gasteiger partial charge in [-0.3, -0.25) is 14.4 Å². The molecule has 4 atom stereocenters. The molecule has 160 valence electrons. The van der Waals surface area contributed by atoms with E-state index in [2.05, 4.69) is 16.0 Å². The van der Waals surface area contributed by atoms with E-state index in [1.165, 1.54) is 6.92 Å². The van der Waals surface area contributed by atoms with E-state index in [0.29, 0.717) is 5.56 Å². The Balaban J connectivity index is 2.70. The number of hydrogen-bond donors (Lipinski definition) is 7. The quantitative estimate of drug-likeness (QED) is 0.202. The van der Waals surface area contributed by atoms with E-state index in [-0.39, 0.29) is 6.42 Å². The van der Waals surface area contributed by atoms with Crippen molar-refractivity contribution in [3.05, 3.63) is 35.9 Å². The van der Waals surface area contributed by atoms with Gasteiger partial charge in [-0.1, -0.05) is 30.3 Å². The second-order valence-electron chi connectivity index (χ2n) is 6.35. The van der Waals surface area contributed by atoms with Crippen molar-refractivity contribution in [3.63, 3.8) is 0 Å². The van der Waals surface area contributed by atoms with E-state index < -0.39 is 61.1 Å². The van der Waals surface area contributed by atoms with Crippen LogP contribution in [0.2, 0.25) is 0 Å². The highest BCUT2D eigenvalue weighted by molar-refractivity contribution is 5.94. The van der Waals surface area contributed by atoms with Gasteiger partial charge in [0.25, 0.3) is 0 Å². The average molecular weight is 410 g/mol. The molecule has 0 fully saturated rings. The highest BCUT2D eigenvalue weighted by atomic mass is 16.4. The molecule has 0 heterocycles. The van der Waals surface area contributed by atoms with Gasteiger partial charge in [-0.25, -0.2) is 4.79 Å². The molecule has 1 rings (SSSR count). The summed E-state index contributed by atoms with van der Waals surface area (Å²) in [5.41, 5.74) is 6.02. The Bertz CT molecular complexity index is 713. The lowest BCUT2D eigenvalue weighted by Gasteiger charge is -2.22. The van der Waals surface area contributed by atoms with E-state index >= 15 is 0 Å². The van der Waals surface area contributed by atoms with E-state index in [1.54, 1.807) is 30.3 Å². The van der Waals surface area contributed by atoms with Gasteiger partial charge in [0, 0.05) is 6.42 Å². The van der Waals surface area contributed by atoms with Crippen molar-refractivity contribution in [1.82, 2.24) is 16.0 Å². The number of carbonyl (C=O) groups excluding carboxylic acids is 3.